The third-order valence-electron chi connectivity index (χ3n) is 3.03. The van der Waals surface area contributed by atoms with Crippen molar-refractivity contribution in [2.45, 2.75) is 39.3 Å². The van der Waals surface area contributed by atoms with Gasteiger partial charge in [0.15, 0.2) is 0 Å². The van der Waals surface area contributed by atoms with Gasteiger partial charge in [-0.15, -0.1) is 0 Å². The predicted molar refractivity (Wildman–Crippen MR) is 70.0 cm³/mol. The van der Waals surface area contributed by atoms with Gasteiger partial charge in [0.25, 0.3) is 0 Å². The van der Waals surface area contributed by atoms with Crippen LogP contribution in [0.1, 0.15) is 31.9 Å². The first-order valence-corrected chi connectivity index (χ1v) is 6.76. The molecule has 1 aliphatic carbocycles. The van der Waals surface area contributed by atoms with Gasteiger partial charge in [-0.3, -0.25) is 4.79 Å². The Labute approximate surface area is 108 Å². The molecule has 2 rings (SSSR count). The summed E-state index contributed by atoms with van der Waals surface area (Å²) in [7, 11) is 0. The van der Waals surface area contributed by atoms with E-state index < -0.39 is 0 Å². The molecule has 2 N–H and O–H groups in total. The average molecular weight is 250 g/mol. The standard InChI is InChI=1S/C13H22N4O/c1-2-5-14-7-12-8-17(10-16-12)9-13(18)15-6-11-3-4-11/h8,10-11,14H,2-7,9H2,1H3,(H,15,18). The van der Waals surface area contributed by atoms with Gasteiger partial charge in [-0.05, 0) is 31.7 Å². The van der Waals surface area contributed by atoms with Gasteiger partial charge in [0, 0.05) is 19.3 Å². The molecule has 0 atom stereocenters. The Morgan fingerprint density at radius 1 is 1.56 bits per heavy atom. The highest BCUT2D eigenvalue weighted by atomic mass is 16.1. The predicted octanol–water partition coefficient (Wildman–Crippen LogP) is 0.909. The van der Waals surface area contributed by atoms with E-state index in [0.717, 1.165) is 37.7 Å². The quantitative estimate of drug-likeness (QED) is 0.674. The number of carbonyl (C=O) groups is 1. The summed E-state index contributed by atoms with van der Waals surface area (Å²) in [5, 5.41) is 6.24. The van der Waals surface area contributed by atoms with Crippen molar-refractivity contribution in [3.8, 4) is 0 Å². The molecule has 18 heavy (non-hydrogen) atoms. The van der Waals surface area contributed by atoms with Gasteiger partial charge in [-0.2, -0.15) is 0 Å². The highest BCUT2D eigenvalue weighted by molar-refractivity contribution is 5.75. The van der Waals surface area contributed by atoms with Gasteiger partial charge < -0.3 is 15.2 Å². The van der Waals surface area contributed by atoms with E-state index >= 15 is 0 Å². The van der Waals surface area contributed by atoms with Crippen molar-refractivity contribution in [3.05, 3.63) is 18.2 Å². The van der Waals surface area contributed by atoms with Crippen molar-refractivity contribution < 1.29 is 4.79 Å². The number of carbonyl (C=O) groups excluding carboxylic acids is 1. The topological polar surface area (TPSA) is 59.0 Å². The minimum atomic E-state index is 0.0763. The Kier molecular flexibility index (Phi) is 4.75. The van der Waals surface area contributed by atoms with Crippen LogP contribution in [0.3, 0.4) is 0 Å². The zero-order chi connectivity index (χ0) is 12.8. The minimum Gasteiger partial charge on any atom is -0.354 e. The molecule has 0 aliphatic heterocycles. The summed E-state index contributed by atoms with van der Waals surface area (Å²) in [6, 6.07) is 0. The fraction of sp³-hybridized carbons (Fsp3) is 0.692. The lowest BCUT2D eigenvalue weighted by Gasteiger charge is -2.04. The third-order valence-corrected chi connectivity index (χ3v) is 3.03. The van der Waals surface area contributed by atoms with Gasteiger partial charge in [-0.1, -0.05) is 6.92 Å². The Hall–Kier alpha value is -1.36. The summed E-state index contributed by atoms with van der Waals surface area (Å²) in [5.74, 6) is 0.804. The molecule has 1 fully saturated rings. The second-order valence-electron chi connectivity index (χ2n) is 4.96. The Balaban J connectivity index is 1.69. The molecule has 100 valence electrons. The first kappa shape index (κ1) is 13.1. The minimum absolute atomic E-state index is 0.0763. The molecule has 0 bridgehead atoms. The van der Waals surface area contributed by atoms with E-state index in [1.54, 1.807) is 6.33 Å². The molecule has 1 aromatic heterocycles. The molecular weight excluding hydrogens is 228 g/mol. The van der Waals surface area contributed by atoms with E-state index in [9.17, 15) is 4.79 Å². The summed E-state index contributed by atoms with van der Waals surface area (Å²) in [6.45, 7) is 5.10. The fourth-order valence-electron chi connectivity index (χ4n) is 1.78. The maximum Gasteiger partial charge on any atom is 0.239 e. The zero-order valence-corrected chi connectivity index (χ0v) is 11.0. The molecule has 0 saturated heterocycles. The largest absolute Gasteiger partial charge is 0.354 e. The lowest BCUT2D eigenvalue weighted by molar-refractivity contribution is -0.121. The van der Waals surface area contributed by atoms with Gasteiger partial charge in [0.05, 0.1) is 12.0 Å². The zero-order valence-electron chi connectivity index (χ0n) is 11.0. The normalized spacial score (nSPS) is 14.7. The molecule has 0 spiro atoms. The monoisotopic (exact) mass is 250 g/mol. The molecule has 0 radical (unpaired) electrons. The van der Waals surface area contributed by atoms with Crippen LogP contribution in [-0.2, 0) is 17.9 Å². The van der Waals surface area contributed by atoms with Crippen molar-refractivity contribution in [1.29, 1.82) is 0 Å². The average Bonchev–Trinajstić information content (AvgIpc) is 3.09. The van der Waals surface area contributed by atoms with Crippen LogP contribution in [0.4, 0.5) is 0 Å². The van der Waals surface area contributed by atoms with Gasteiger partial charge in [0.2, 0.25) is 5.91 Å². The van der Waals surface area contributed by atoms with E-state index in [2.05, 4.69) is 22.5 Å². The van der Waals surface area contributed by atoms with Crippen LogP contribution in [0, 0.1) is 5.92 Å². The van der Waals surface area contributed by atoms with Crippen LogP contribution in [0.15, 0.2) is 12.5 Å². The van der Waals surface area contributed by atoms with E-state index in [1.165, 1.54) is 12.8 Å². The molecule has 1 heterocycles. The number of amides is 1. The summed E-state index contributed by atoms with van der Waals surface area (Å²) in [6.07, 6.45) is 7.29. The van der Waals surface area contributed by atoms with Crippen LogP contribution in [0.25, 0.3) is 0 Å². The molecule has 1 aromatic rings. The molecule has 1 amide bonds. The van der Waals surface area contributed by atoms with Gasteiger partial charge in [-0.25, -0.2) is 4.98 Å². The lowest BCUT2D eigenvalue weighted by Crippen LogP contribution is -2.28. The summed E-state index contributed by atoms with van der Waals surface area (Å²) < 4.78 is 1.84. The number of rotatable bonds is 8. The highest BCUT2D eigenvalue weighted by Gasteiger charge is 2.21. The second kappa shape index (κ2) is 6.54. The first-order valence-electron chi connectivity index (χ1n) is 6.76. The van der Waals surface area contributed by atoms with E-state index in [1.807, 2.05) is 10.8 Å². The molecule has 5 heteroatoms. The van der Waals surface area contributed by atoms with E-state index in [0.29, 0.717) is 6.54 Å². The van der Waals surface area contributed by atoms with Gasteiger partial charge in [0.1, 0.15) is 6.54 Å². The molecular formula is C13H22N4O. The summed E-state index contributed by atoms with van der Waals surface area (Å²) in [4.78, 5) is 15.9. The van der Waals surface area contributed by atoms with Crippen LogP contribution < -0.4 is 10.6 Å². The Morgan fingerprint density at radius 2 is 2.39 bits per heavy atom. The maximum atomic E-state index is 11.6. The molecule has 1 saturated carbocycles. The summed E-state index contributed by atoms with van der Waals surface area (Å²) in [5.41, 5.74) is 0.985. The van der Waals surface area contributed by atoms with E-state index in [4.69, 9.17) is 0 Å². The third kappa shape index (κ3) is 4.49. The summed E-state index contributed by atoms with van der Waals surface area (Å²) >= 11 is 0. The van der Waals surface area contributed by atoms with Crippen LogP contribution in [-0.4, -0.2) is 28.5 Å². The number of nitrogens with zero attached hydrogens (tertiary/aromatic N) is 2. The Morgan fingerprint density at radius 3 is 3.11 bits per heavy atom. The van der Waals surface area contributed by atoms with Crippen molar-refractivity contribution >= 4 is 5.91 Å². The van der Waals surface area contributed by atoms with Gasteiger partial charge >= 0.3 is 0 Å². The maximum absolute atomic E-state index is 11.6. The SMILES string of the molecule is CCCNCc1cn(CC(=O)NCC2CC2)cn1. The van der Waals surface area contributed by atoms with Crippen LogP contribution in [0.2, 0.25) is 0 Å². The highest BCUT2D eigenvalue weighted by Crippen LogP contribution is 2.27. The number of imidazole rings is 1. The first-order chi connectivity index (χ1) is 8.78. The number of hydrogen-bond donors (Lipinski definition) is 2. The number of nitrogens with one attached hydrogen (secondary N) is 2. The Bertz CT molecular complexity index is 384. The van der Waals surface area contributed by atoms with E-state index in [-0.39, 0.29) is 5.91 Å². The van der Waals surface area contributed by atoms with Crippen LogP contribution >= 0.6 is 0 Å². The smallest absolute Gasteiger partial charge is 0.239 e. The molecule has 5 nitrogen and oxygen atoms in total. The van der Waals surface area contributed by atoms with Crippen LogP contribution in [0.5, 0.6) is 0 Å². The van der Waals surface area contributed by atoms with Crippen molar-refractivity contribution in [2.75, 3.05) is 13.1 Å². The number of hydrogen-bond acceptors (Lipinski definition) is 3. The lowest BCUT2D eigenvalue weighted by atomic mass is 10.4. The molecule has 0 unspecified atom stereocenters. The van der Waals surface area contributed by atoms with Crippen molar-refractivity contribution in [1.82, 2.24) is 20.2 Å². The van der Waals surface area contributed by atoms with Crippen molar-refractivity contribution in [3.63, 3.8) is 0 Å². The molecule has 0 aromatic carbocycles. The van der Waals surface area contributed by atoms with Crippen molar-refractivity contribution in [2.24, 2.45) is 5.92 Å². The number of aromatic nitrogens is 2. The fourth-order valence-corrected chi connectivity index (χ4v) is 1.78. The molecule has 1 aliphatic rings. The second-order valence-corrected chi connectivity index (χ2v) is 4.96.